The fourth-order valence-corrected chi connectivity index (χ4v) is 5.34. The van der Waals surface area contributed by atoms with Gasteiger partial charge in [0.1, 0.15) is 6.10 Å². The van der Waals surface area contributed by atoms with Crippen LogP contribution in [0.4, 0.5) is 0 Å². The summed E-state index contributed by atoms with van der Waals surface area (Å²) in [5.41, 5.74) is 0. The molecule has 40 heavy (non-hydrogen) atoms. The second-order valence-electron chi connectivity index (χ2n) is 12.1. The molecule has 4 heteroatoms. The highest BCUT2D eigenvalue weighted by Crippen LogP contribution is 2.19. The van der Waals surface area contributed by atoms with Crippen LogP contribution in [-0.2, 0) is 14.3 Å². The summed E-state index contributed by atoms with van der Waals surface area (Å²) in [6, 6.07) is 0. The summed E-state index contributed by atoms with van der Waals surface area (Å²) in [5.74, 6) is -0.730. The highest BCUT2D eigenvalue weighted by Gasteiger charge is 2.14. The van der Waals surface area contributed by atoms with Crippen molar-refractivity contribution < 1.29 is 19.4 Å². The van der Waals surface area contributed by atoms with E-state index in [1.54, 1.807) is 0 Å². The van der Waals surface area contributed by atoms with Gasteiger partial charge in [-0.2, -0.15) is 0 Å². The molecular weight excluding hydrogens is 496 g/mol. The maximum atomic E-state index is 12.5. The van der Waals surface area contributed by atoms with E-state index in [-0.39, 0.29) is 18.5 Å². The Kier molecular flexibility index (Phi) is 31.1. The zero-order valence-corrected chi connectivity index (χ0v) is 26.9. The molecule has 0 aromatic rings. The van der Waals surface area contributed by atoms with Crippen LogP contribution in [-0.4, -0.2) is 23.1 Å². The number of carbonyl (C=O) groups is 2. The number of hydrogen-bond donors (Lipinski definition) is 1. The third kappa shape index (κ3) is 31.2. The average molecular weight is 565 g/mol. The Hall–Kier alpha value is -1.32. The molecule has 0 spiro atoms. The van der Waals surface area contributed by atoms with E-state index in [1.165, 1.54) is 116 Å². The zero-order chi connectivity index (χ0) is 29.4. The number of carbonyl (C=O) groups excluding carboxylic acids is 1. The molecule has 0 fully saturated rings. The summed E-state index contributed by atoms with van der Waals surface area (Å²) < 4.78 is 5.94. The molecule has 1 atom stereocenters. The molecule has 0 aromatic carbocycles. The normalized spacial score (nSPS) is 12.2. The van der Waals surface area contributed by atoms with E-state index in [4.69, 9.17) is 9.84 Å². The van der Waals surface area contributed by atoms with Crippen molar-refractivity contribution in [3.63, 3.8) is 0 Å². The van der Waals surface area contributed by atoms with Crippen LogP contribution in [0.1, 0.15) is 200 Å². The second kappa shape index (κ2) is 32.2. The number of unbranched alkanes of at least 4 members (excludes halogenated alkanes) is 21. The van der Waals surface area contributed by atoms with E-state index in [9.17, 15) is 9.59 Å². The molecule has 0 rings (SSSR count). The largest absolute Gasteiger partial charge is 0.481 e. The van der Waals surface area contributed by atoms with Gasteiger partial charge < -0.3 is 9.84 Å². The smallest absolute Gasteiger partial charge is 0.306 e. The highest BCUT2D eigenvalue weighted by molar-refractivity contribution is 5.69. The molecule has 1 N–H and O–H groups in total. The SMILES string of the molecule is CCCC/C=C\CCCCCCCC(=O)OC(CCCCCCCCCCCCCC)CCCCCCC(=O)O. The van der Waals surface area contributed by atoms with Crippen molar-refractivity contribution in [3.05, 3.63) is 12.2 Å². The van der Waals surface area contributed by atoms with Crippen molar-refractivity contribution in [3.8, 4) is 0 Å². The predicted octanol–water partition coefficient (Wildman–Crippen LogP) is 11.9. The summed E-state index contributed by atoms with van der Waals surface area (Å²) in [4.78, 5) is 23.3. The Morgan fingerprint density at radius 2 is 0.925 bits per heavy atom. The van der Waals surface area contributed by atoms with Gasteiger partial charge in [0, 0.05) is 12.8 Å². The Morgan fingerprint density at radius 3 is 1.43 bits per heavy atom. The number of esters is 1. The van der Waals surface area contributed by atoms with Crippen molar-refractivity contribution in [2.75, 3.05) is 0 Å². The number of allylic oxidation sites excluding steroid dienone is 2. The molecule has 1 unspecified atom stereocenters. The highest BCUT2D eigenvalue weighted by atomic mass is 16.5. The van der Waals surface area contributed by atoms with Gasteiger partial charge in [-0.15, -0.1) is 0 Å². The molecule has 4 nitrogen and oxygen atoms in total. The van der Waals surface area contributed by atoms with Crippen LogP contribution >= 0.6 is 0 Å². The van der Waals surface area contributed by atoms with Crippen LogP contribution in [0.2, 0.25) is 0 Å². The first-order valence-corrected chi connectivity index (χ1v) is 17.7. The first-order valence-electron chi connectivity index (χ1n) is 17.7. The van der Waals surface area contributed by atoms with E-state index in [1.807, 2.05) is 0 Å². The van der Waals surface area contributed by atoms with Gasteiger partial charge in [-0.3, -0.25) is 9.59 Å². The Labute approximate surface area is 249 Å². The van der Waals surface area contributed by atoms with Gasteiger partial charge in [-0.1, -0.05) is 142 Å². The Morgan fingerprint density at radius 1 is 0.525 bits per heavy atom. The molecule has 0 saturated heterocycles. The summed E-state index contributed by atoms with van der Waals surface area (Å²) >= 11 is 0. The molecule has 0 radical (unpaired) electrons. The van der Waals surface area contributed by atoms with E-state index in [0.717, 1.165) is 57.8 Å². The molecule has 0 aliphatic carbocycles. The maximum absolute atomic E-state index is 12.5. The first kappa shape index (κ1) is 38.7. The zero-order valence-electron chi connectivity index (χ0n) is 26.9. The third-order valence-electron chi connectivity index (χ3n) is 7.99. The Bertz CT molecular complexity index is 571. The molecule has 0 aliphatic rings. The standard InChI is InChI=1S/C36H68O4/c1-3-5-7-9-11-13-15-17-18-20-22-26-30-34(31-27-24-25-28-32-35(37)38)40-36(39)33-29-23-21-19-16-14-12-10-8-6-4-2/h10,12,34H,3-9,11,13-33H2,1-2H3,(H,37,38)/b12-10-. The summed E-state index contributed by atoms with van der Waals surface area (Å²) in [6.07, 6.45) is 37.9. The van der Waals surface area contributed by atoms with Crippen molar-refractivity contribution in [2.45, 2.75) is 206 Å². The van der Waals surface area contributed by atoms with Crippen LogP contribution in [0.3, 0.4) is 0 Å². The van der Waals surface area contributed by atoms with Crippen molar-refractivity contribution >= 4 is 11.9 Å². The fourth-order valence-electron chi connectivity index (χ4n) is 5.34. The van der Waals surface area contributed by atoms with E-state index in [2.05, 4.69) is 26.0 Å². The second-order valence-corrected chi connectivity index (χ2v) is 12.1. The number of aliphatic carboxylic acids is 1. The van der Waals surface area contributed by atoms with Gasteiger partial charge in [0.05, 0.1) is 0 Å². The van der Waals surface area contributed by atoms with Crippen LogP contribution < -0.4 is 0 Å². The molecular formula is C36H68O4. The van der Waals surface area contributed by atoms with E-state index < -0.39 is 5.97 Å². The van der Waals surface area contributed by atoms with Crippen molar-refractivity contribution in [1.82, 2.24) is 0 Å². The molecule has 0 heterocycles. The van der Waals surface area contributed by atoms with Crippen LogP contribution in [0, 0.1) is 0 Å². The number of hydrogen-bond acceptors (Lipinski definition) is 3. The van der Waals surface area contributed by atoms with Crippen LogP contribution in [0.5, 0.6) is 0 Å². The fraction of sp³-hybridized carbons (Fsp3) is 0.889. The lowest BCUT2D eigenvalue weighted by Crippen LogP contribution is -2.18. The maximum Gasteiger partial charge on any atom is 0.306 e. The van der Waals surface area contributed by atoms with Crippen molar-refractivity contribution in [1.29, 1.82) is 0 Å². The Balaban J connectivity index is 4.03. The number of ether oxygens (including phenoxy) is 1. The van der Waals surface area contributed by atoms with Crippen LogP contribution in [0.15, 0.2) is 12.2 Å². The van der Waals surface area contributed by atoms with E-state index >= 15 is 0 Å². The summed E-state index contributed by atoms with van der Waals surface area (Å²) in [7, 11) is 0. The predicted molar refractivity (Wildman–Crippen MR) is 172 cm³/mol. The number of carboxylic acids is 1. The minimum atomic E-state index is -0.710. The molecule has 0 saturated carbocycles. The molecule has 0 aliphatic heterocycles. The van der Waals surface area contributed by atoms with Gasteiger partial charge in [0.15, 0.2) is 0 Å². The van der Waals surface area contributed by atoms with Gasteiger partial charge in [-0.05, 0) is 57.8 Å². The van der Waals surface area contributed by atoms with Gasteiger partial charge in [-0.25, -0.2) is 0 Å². The summed E-state index contributed by atoms with van der Waals surface area (Å²) in [5, 5.41) is 8.82. The molecule has 236 valence electrons. The van der Waals surface area contributed by atoms with E-state index in [0.29, 0.717) is 6.42 Å². The quantitative estimate of drug-likeness (QED) is 0.0501. The lowest BCUT2D eigenvalue weighted by Gasteiger charge is -2.18. The first-order chi connectivity index (χ1) is 19.6. The number of rotatable bonds is 32. The average Bonchev–Trinajstić information content (AvgIpc) is 2.93. The molecule has 0 amide bonds. The lowest BCUT2D eigenvalue weighted by molar-refractivity contribution is -0.150. The van der Waals surface area contributed by atoms with Crippen molar-refractivity contribution in [2.24, 2.45) is 0 Å². The minimum absolute atomic E-state index is 0.0197. The topological polar surface area (TPSA) is 63.6 Å². The molecule has 0 bridgehead atoms. The minimum Gasteiger partial charge on any atom is -0.481 e. The van der Waals surface area contributed by atoms with Crippen LogP contribution in [0.25, 0.3) is 0 Å². The summed E-state index contributed by atoms with van der Waals surface area (Å²) in [6.45, 7) is 4.51. The monoisotopic (exact) mass is 565 g/mol. The third-order valence-corrected chi connectivity index (χ3v) is 7.99. The number of carboxylic acid groups (broad SMARTS) is 1. The van der Waals surface area contributed by atoms with Gasteiger partial charge in [0.25, 0.3) is 0 Å². The van der Waals surface area contributed by atoms with Gasteiger partial charge in [0.2, 0.25) is 0 Å². The molecule has 0 aromatic heterocycles. The van der Waals surface area contributed by atoms with Gasteiger partial charge >= 0.3 is 11.9 Å². The lowest BCUT2D eigenvalue weighted by atomic mass is 10.0.